The van der Waals surface area contributed by atoms with Gasteiger partial charge in [0, 0.05) is 5.56 Å². The fourth-order valence-electron chi connectivity index (χ4n) is 2.30. The average Bonchev–Trinajstić information content (AvgIpc) is 2.95. The maximum absolute atomic E-state index is 6.23. The molecule has 16 heavy (non-hydrogen) atoms. The number of anilines is 1. The normalized spacial score (nSPS) is 20.9. The van der Waals surface area contributed by atoms with E-state index >= 15 is 0 Å². The Hall–Kier alpha value is -1.18. The van der Waals surface area contributed by atoms with Crippen LogP contribution in [-0.2, 0) is 5.41 Å². The minimum Gasteiger partial charge on any atom is -0.483 e. The lowest BCUT2D eigenvalue weighted by atomic mass is 9.85. The lowest BCUT2D eigenvalue weighted by molar-refractivity contribution is 0.180. The second-order valence-corrected chi connectivity index (χ2v) is 6.07. The SMILES string of the molecule is CC(C)(C)c1cccc2c1OC1(CC1)CN2. The molecule has 0 aromatic heterocycles. The number of rotatable bonds is 0. The third-order valence-electron chi connectivity index (χ3n) is 3.55. The van der Waals surface area contributed by atoms with E-state index in [1.165, 1.54) is 18.4 Å². The molecule has 0 bridgehead atoms. The Balaban J connectivity index is 2.08. The minimum absolute atomic E-state index is 0.119. The predicted molar refractivity (Wildman–Crippen MR) is 66.2 cm³/mol. The Kier molecular flexibility index (Phi) is 1.84. The summed E-state index contributed by atoms with van der Waals surface area (Å²) in [6.45, 7) is 7.67. The third-order valence-corrected chi connectivity index (χ3v) is 3.55. The second-order valence-electron chi connectivity index (χ2n) is 6.07. The molecule has 1 saturated carbocycles. The number of hydrogen-bond donors (Lipinski definition) is 1. The van der Waals surface area contributed by atoms with Crippen LogP contribution in [0, 0.1) is 0 Å². The first-order valence-corrected chi connectivity index (χ1v) is 6.07. The van der Waals surface area contributed by atoms with E-state index < -0.39 is 0 Å². The summed E-state index contributed by atoms with van der Waals surface area (Å²) >= 11 is 0. The Bertz CT molecular complexity index is 427. The average molecular weight is 217 g/mol. The monoisotopic (exact) mass is 217 g/mol. The van der Waals surface area contributed by atoms with Gasteiger partial charge < -0.3 is 10.1 Å². The van der Waals surface area contributed by atoms with Crippen LogP contribution in [0.15, 0.2) is 18.2 Å². The Labute approximate surface area is 97.0 Å². The van der Waals surface area contributed by atoms with Crippen LogP contribution in [0.3, 0.4) is 0 Å². The number of ether oxygens (including phenoxy) is 1. The lowest BCUT2D eigenvalue weighted by Crippen LogP contribution is -2.34. The first kappa shape index (κ1) is 10.0. The van der Waals surface area contributed by atoms with Crippen LogP contribution in [0.2, 0.25) is 0 Å². The van der Waals surface area contributed by atoms with Crippen molar-refractivity contribution in [1.29, 1.82) is 0 Å². The molecule has 1 aliphatic carbocycles. The maximum Gasteiger partial charge on any atom is 0.147 e. The van der Waals surface area contributed by atoms with Gasteiger partial charge in [-0.15, -0.1) is 0 Å². The molecule has 1 heterocycles. The van der Waals surface area contributed by atoms with Gasteiger partial charge in [-0.05, 0) is 24.3 Å². The van der Waals surface area contributed by atoms with E-state index in [0.717, 1.165) is 18.0 Å². The van der Waals surface area contributed by atoms with Gasteiger partial charge in [0.15, 0.2) is 0 Å². The summed E-state index contributed by atoms with van der Waals surface area (Å²) in [6.07, 6.45) is 2.38. The third kappa shape index (κ3) is 1.48. The van der Waals surface area contributed by atoms with Crippen molar-refractivity contribution in [2.75, 3.05) is 11.9 Å². The van der Waals surface area contributed by atoms with Gasteiger partial charge in [0.2, 0.25) is 0 Å². The largest absolute Gasteiger partial charge is 0.483 e. The number of hydrogen-bond acceptors (Lipinski definition) is 2. The van der Waals surface area contributed by atoms with Crippen molar-refractivity contribution < 1.29 is 4.74 Å². The zero-order valence-corrected chi connectivity index (χ0v) is 10.3. The fourth-order valence-corrected chi connectivity index (χ4v) is 2.30. The highest BCUT2D eigenvalue weighted by atomic mass is 16.5. The van der Waals surface area contributed by atoms with Crippen LogP contribution in [-0.4, -0.2) is 12.1 Å². The van der Waals surface area contributed by atoms with Crippen LogP contribution in [0.1, 0.15) is 39.2 Å². The minimum atomic E-state index is 0.119. The van der Waals surface area contributed by atoms with Crippen molar-refractivity contribution in [2.24, 2.45) is 0 Å². The summed E-state index contributed by atoms with van der Waals surface area (Å²) in [4.78, 5) is 0. The van der Waals surface area contributed by atoms with Gasteiger partial charge in [-0.1, -0.05) is 32.9 Å². The molecule has 2 nitrogen and oxygen atoms in total. The number of fused-ring (bicyclic) bond motifs is 1. The molecular weight excluding hydrogens is 198 g/mol. The molecule has 1 aromatic rings. The Morgan fingerprint density at radius 3 is 2.62 bits per heavy atom. The molecule has 0 unspecified atom stereocenters. The smallest absolute Gasteiger partial charge is 0.147 e. The van der Waals surface area contributed by atoms with E-state index in [4.69, 9.17) is 4.74 Å². The lowest BCUT2D eigenvalue weighted by Gasteiger charge is -2.32. The van der Waals surface area contributed by atoms with Gasteiger partial charge in [-0.3, -0.25) is 0 Å². The molecular formula is C14H19NO. The van der Waals surface area contributed by atoms with E-state index in [2.05, 4.69) is 44.3 Å². The highest BCUT2D eigenvalue weighted by molar-refractivity contribution is 5.64. The Morgan fingerprint density at radius 1 is 1.25 bits per heavy atom. The van der Waals surface area contributed by atoms with Gasteiger partial charge in [-0.25, -0.2) is 0 Å². The molecule has 86 valence electrons. The van der Waals surface area contributed by atoms with Crippen LogP contribution >= 0.6 is 0 Å². The summed E-state index contributed by atoms with van der Waals surface area (Å²) < 4.78 is 6.23. The van der Waals surface area contributed by atoms with Crippen molar-refractivity contribution in [2.45, 2.75) is 44.6 Å². The molecule has 1 N–H and O–H groups in total. The highest BCUT2D eigenvalue weighted by Crippen LogP contribution is 2.49. The van der Waals surface area contributed by atoms with Gasteiger partial charge >= 0.3 is 0 Å². The highest BCUT2D eigenvalue weighted by Gasteiger charge is 2.48. The van der Waals surface area contributed by atoms with Crippen LogP contribution in [0.25, 0.3) is 0 Å². The standard InChI is InChI=1S/C14H19NO/c1-13(2,3)10-5-4-6-11-12(10)16-14(7-8-14)9-15-11/h4-6,15H,7-9H2,1-3H3. The summed E-state index contributed by atoms with van der Waals surface area (Å²) in [7, 11) is 0. The zero-order valence-electron chi connectivity index (χ0n) is 10.3. The van der Waals surface area contributed by atoms with Gasteiger partial charge in [0.1, 0.15) is 11.4 Å². The first-order chi connectivity index (χ1) is 7.50. The van der Waals surface area contributed by atoms with Crippen molar-refractivity contribution >= 4 is 5.69 Å². The van der Waals surface area contributed by atoms with E-state index in [9.17, 15) is 0 Å². The number of benzene rings is 1. The van der Waals surface area contributed by atoms with Crippen molar-refractivity contribution in [3.8, 4) is 5.75 Å². The molecule has 0 saturated heterocycles. The van der Waals surface area contributed by atoms with E-state index in [0.29, 0.717) is 0 Å². The quantitative estimate of drug-likeness (QED) is 0.719. The summed E-state index contributed by atoms with van der Waals surface area (Å²) in [6, 6.07) is 6.41. The molecule has 1 fully saturated rings. The molecule has 1 spiro atoms. The molecule has 0 radical (unpaired) electrons. The van der Waals surface area contributed by atoms with Gasteiger partial charge in [0.05, 0.1) is 12.2 Å². The predicted octanol–water partition coefficient (Wildman–Crippen LogP) is 3.32. The molecule has 1 aromatic carbocycles. The second kappa shape index (κ2) is 2.93. The fraction of sp³-hybridized carbons (Fsp3) is 0.571. The van der Waals surface area contributed by atoms with Gasteiger partial charge in [0.25, 0.3) is 0 Å². The summed E-state index contributed by atoms with van der Waals surface area (Å²) in [5.74, 6) is 1.08. The van der Waals surface area contributed by atoms with Gasteiger partial charge in [-0.2, -0.15) is 0 Å². The maximum atomic E-state index is 6.23. The molecule has 3 rings (SSSR count). The molecule has 0 amide bonds. The zero-order chi connectivity index (χ0) is 11.4. The Morgan fingerprint density at radius 2 is 2.00 bits per heavy atom. The van der Waals surface area contributed by atoms with Crippen LogP contribution < -0.4 is 10.1 Å². The van der Waals surface area contributed by atoms with Crippen molar-refractivity contribution in [3.05, 3.63) is 23.8 Å². The van der Waals surface area contributed by atoms with Crippen LogP contribution in [0.4, 0.5) is 5.69 Å². The van der Waals surface area contributed by atoms with Crippen molar-refractivity contribution in [1.82, 2.24) is 0 Å². The summed E-state index contributed by atoms with van der Waals surface area (Å²) in [5, 5.41) is 3.50. The first-order valence-electron chi connectivity index (χ1n) is 6.07. The van der Waals surface area contributed by atoms with Crippen LogP contribution in [0.5, 0.6) is 5.75 Å². The molecule has 0 atom stereocenters. The molecule has 2 aliphatic rings. The summed E-state index contributed by atoms with van der Waals surface area (Å²) in [5.41, 5.74) is 2.72. The van der Waals surface area contributed by atoms with E-state index in [-0.39, 0.29) is 11.0 Å². The molecule has 2 heteroatoms. The topological polar surface area (TPSA) is 21.3 Å². The molecule has 1 aliphatic heterocycles. The number of nitrogens with one attached hydrogen (secondary N) is 1. The number of para-hydroxylation sites is 1. The van der Waals surface area contributed by atoms with Crippen molar-refractivity contribution in [3.63, 3.8) is 0 Å². The van der Waals surface area contributed by atoms with E-state index in [1.807, 2.05) is 0 Å². The van der Waals surface area contributed by atoms with E-state index in [1.54, 1.807) is 0 Å².